The highest BCUT2D eigenvalue weighted by Crippen LogP contribution is 1.91. The minimum atomic E-state index is -0.917. The van der Waals surface area contributed by atoms with Gasteiger partial charge in [-0.1, -0.05) is 13.0 Å². The van der Waals surface area contributed by atoms with E-state index in [1.54, 1.807) is 11.0 Å². The molecular formula is C10H18N2O3. The SMILES string of the molecule is C=CCNC(=O)CN(CCC)CC(=O)O. The molecule has 2 N–H and O–H groups in total. The molecule has 0 rings (SSSR count). The Hall–Kier alpha value is -1.36. The van der Waals surface area contributed by atoms with Crippen LogP contribution in [0.2, 0.25) is 0 Å². The van der Waals surface area contributed by atoms with Crippen LogP contribution in [0.4, 0.5) is 0 Å². The maximum absolute atomic E-state index is 11.3. The van der Waals surface area contributed by atoms with E-state index in [1.807, 2.05) is 6.92 Å². The molecule has 15 heavy (non-hydrogen) atoms. The first kappa shape index (κ1) is 13.6. The van der Waals surface area contributed by atoms with Crippen LogP contribution >= 0.6 is 0 Å². The summed E-state index contributed by atoms with van der Waals surface area (Å²) in [5.74, 6) is -1.09. The molecule has 0 aromatic carbocycles. The van der Waals surface area contributed by atoms with Gasteiger partial charge in [-0.15, -0.1) is 6.58 Å². The van der Waals surface area contributed by atoms with Crippen LogP contribution in [0, 0.1) is 0 Å². The highest BCUT2D eigenvalue weighted by atomic mass is 16.4. The van der Waals surface area contributed by atoms with Crippen LogP contribution < -0.4 is 5.32 Å². The Kier molecular flexibility index (Phi) is 7.27. The van der Waals surface area contributed by atoms with Gasteiger partial charge < -0.3 is 10.4 Å². The van der Waals surface area contributed by atoms with E-state index in [9.17, 15) is 9.59 Å². The fraction of sp³-hybridized carbons (Fsp3) is 0.600. The fourth-order valence-corrected chi connectivity index (χ4v) is 1.17. The summed E-state index contributed by atoms with van der Waals surface area (Å²) in [5, 5.41) is 11.2. The number of hydrogen-bond acceptors (Lipinski definition) is 3. The molecule has 0 radical (unpaired) electrons. The lowest BCUT2D eigenvalue weighted by atomic mass is 10.3. The third-order valence-electron chi connectivity index (χ3n) is 1.71. The number of nitrogens with zero attached hydrogens (tertiary/aromatic N) is 1. The Morgan fingerprint density at radius 3 is 2.60 bits per heavy atom. The molecule has 0 aliphatic heterocycles. The lowest BCUT2D eigenvalue weighted by Crippen LogP contribution is -2.40. The van der Waals surface area contributed by atoms with Crippen LogP contribution in [-0.2, 0) is 9.59 Å². The van der Waals surface area contributed by atoms with E-state index in [0.29, 0.717) is 13.1 Å². The van der Waals surface area contributed by atoms with Crippen molar-refractivity contribution >= 4 is 11.9 Å². The summed E-state index contributed by atoms with van der Waals surface area (Å²) in [5.41, 5.74) is 0. The first-order chi connectivity index (χ1) is 7.10. The summed E-state index contributed by atoms with van der Waals surface area (Å²) < 4.78 is 0. The van der Waals surface area contributed by atoms with Crippen LogP contribution in [0.15, 0.2) is 12.7 Å². The second-order valence-corrected chi connectivity index (χ2v) is 3.20. The molecule has 0 atom stereocenters. The number of rotatable bonds is 8. The molecule has 0 aromatic rings. The number of carbonyl (C=O) groups is 2. The first-order valence-corrected chi connectivity index (χ1v) is 4.91. The second-order valence-electron chi connectivity index (χ2n) is 3.20. The van der Waals surface area contributed by atoms with Gasteiger partial charge in [0, 0.05) is 6.54 Å². The van der Waals surface area contributed by atoms with Crippen molar-refractivity contribution in [3.8, 4) is 0 Å². The van der Waals surface area contributed by atoms with Crippen molar-refractivity contribution < 1.29 is 14.7 Å². The molecule has 0 aromatic heterocycles. The predicted octanol–water partition coefficient (Wildman–Crippen LogP) is 0.0852. The van der Waals surface area contributed by atoms with E-state index < -0.39 is 5.97 Å². The summed E-state index contributed by atoms with van der Waals surface area (Å²) in [6.07, 6.45) is 2.40. The van der Waals surface area contributed by atoms with E-state index in [1.165, 1.54) is 0 Å². The van der Waals surface area contributed by atoms with Crippen LogP contribution in [0.5, 0.6) is 0 Å². The van der Waals surface area contributed by atoms with Gasteiger partial charge in [0.05, 0.1) is 13.1 Å². The standard InChI is InChI=1S/C10H18N2O3/c1-3-5-11-9(13)7-12(6-4-2)8-10(14)15/h3H,1,4-8H2,2H3,(H,11,13)(H,14,15). The summed E-state index contributed by atoms with van der Waals surface area (Å²) in [6.45, 7) is 6.45. The molecule has 0 unspecified atom stereocenters. The monoisotopic (exact) mass is 214 g/mol. The largest absolute Gasteiger partial charge is 0.480 e. The zero-order chi connectivity index (χ0) is 11.7. The minimum Gasteiger partial charge on any atom is -0.480 e. The molecule has 5 heteroatoms. The van der Waals surface area contributed by atoms with Gasteiger partial charge in [0.15, 0.2) is 0 Å². The molecular weight excluding hydrogens is 196 g/mol. The predicted molar refractivity (Wildman–Crippen MR) is 57.6 cm³/mol. The van der Waals surface area contributed by atoms with Gasteiger partial charge in [0.25, 0.3) is 0 Å². The number of carboxylic acid groups (broad SMARTS) is 1. The van der Waals surface area contributed by atoms with E-state index in [2.05, 4.69) is 11.9 Å². The van der Waals surface area contributed by atoms with Gasteiger partial charge >= 0.3 is 5.97 Å². The third-order valence-corrected chi connectivity index (χ3v) is 1.71. The van der Waals surface area contributed by atoms with Crippen molar-refractivity contribution in [2.24, 2.45) is 0 Å². The Labute approximate surface area is 89.8 Å². The summed E-state index contributed by atoms with van der Waals surface area (Å²) >= 11 is 0. The van der Waals surface area contributed by atoms with Gasteiger partial charge in [0.2, 0.25) is 5.91 Å². The molecule has 5 nitrogen and oxygen atoms in total. The second kappa shape index (κ2) is 7.99. The number of aliphatic carboxylic acids is 1. The number of nitrogens with one attached hydrogen (secondary N) is 1. The molecule has 0 aliphatic rings. The normalized spacial score (nSPS) is 10.0. The Morgan fingerprint density at radius 2 is 2.13 bits per heavy atom. The van der Waals surface area contributed by atoms with Crippen molar-refractivity contribution in [3.05, 3.63) is 12.7 Å². The van der Waals surface area contributed by atoms with E-state index in [4.69, 9.17) is 5.11 Å². The Bertz CT molecular complexity index is 229. The first-order valence-electron chi connectivity index (χ1n) is 4.91. The van der Waals surface area contributed by atoms with Gasteiger partial charge in [0.1, 0.15) is 0 Å². The molecule has 0 saturated heterocycles. The molecule has 1 amide bonds. The summed E-state index contributed by atoms with van der Waals surface area (Å²) in [6, 6.07) is 0. The lowest BCUT2D eigenvalue weighted by Gasteiger charge is -2.18. The van der Waals surface area contributed by atoms with Crippen molar-refractivity contribution in [1.29, 1.82) is 0 Å². The average molecular weight is 214 g/mol. The smallest absolute Gasteiger partial charge is 0.317 e. The van der Waals surface area contributed by atoms with Gasteiger partial charge in [-0.2, -0.15) is 0 Å². The Morgan fingerprint density at radius 1 is 1.47 bits per heavy atom. The van der Waals surface area contributed by atoms with Gasteiger partial charge in [-0.3, -0.25) is 14.5 Å². The fourth-order valence-electron chi connectivity index (χ4n) is 1.17. The van der Waals surface area contributed by atoms with Crippen LogP contribution in [0.3, 0.4) is 0 Å². The average Bonchev–Trinajstić information content (AvgIpc) is 2.14. The van der Waals surface area contributed by atoms with E-state index in [0.717, 1.165) is 6.42 Å². The molecule has 0 saturated carbocycles. The number of carbonyl (C=O) groups excluding carboxylic acids is 1. The highest BCUT2D eigenvalue weighted by molar-refractivity contribution is 5.79. The summed E-state index contributed by atoms with van der Waals surface area (Å²) in [7, 11) is 0. The van der Waals surface area contributed by atoms with Crippen molar-refractivity contribution in [3.63, 3.8) is 0 Å². The number of hydrogen-bond donors (Lipinski definition) is 2. The zero-order valence-electron chi connectivity index (χ0n) is 9.03. The molecule has 0 heterocycles. The van der Waals surface area contributed by atoms with Crippen molar-refractivity contribution in [2.45, 2.75) is 13.3 Å². The molecule has 0 aliphatic carbocycles. The van der Waals surface area contributed by atoms with Gasteiger partial charge in [-0.25, -0.2) is 0 Å². The van der Waals surface area contributed by atoms with Crippen LogP contribution in [0.1, 0.15) is 13.3 Å². The lowest BCUT2D eigenvalue weighted by molar-refractivity contribution is -0.138. The van der Waals surface area contributed by atoms with Gasteiger partial charge in [-0.05, 0) is 13.0 Å². The number of carboxylic acids is 1. The third kappa shape index (κ3) is 7.69. The van der Waals surface area contributed by atoms with Crippen LogP contribution in [0.25, 0.3) is 0 Å². The van der Waals surface area contributed by atoms with Crippen molar-refractivity contribution in [1.82, 2.24) is 10.2 Å². The summed E-state index contributed by atoms with van der Waals surface area (Å²) in [4.78, 5) is 23.4. The highest BCUT2D eigenvalue weighted by Gasteiger charge is 2.12. The quantitative estimate of drug-likeness (QED) is 0.562. The molecule has 86 valence electrons. The van der Waals surface area contributed by atoms with E-state index >= 15 is 0 Å². The maximum atomic E-state index is 11.3. The topological polar surface area (TPSA) is 69.6 Å². The maximum Gasteiger partial charge on any atom is 0.317 e. The van der Waals surface area contributed by atoms with Crippen LogP contribution in [-0.4, -0.2) is 48.1 Å². The molecule has 0 fully saturated rings. The zero-order valence-corrected chi connectivity index (χ0v) is 9.03. The molecule has 0 bridgehead atoms. The van der Waals surface area contributed by atoms with Crippen molar-refractivity contribution in [2.75, 3.05) is 26.2 Å². The minimum absolute atomic E-state index is 0.102. The van der Waals surface area contributed by atoms with E-state index in [-0.39, 0.29) is 19.0 Å². The Balaban J connectivity index is 3.97. The number of amides is 1. The molecule has 0 spiro atoms.